The second-order valence-corrected chi connectivity index (χ2v) is 10.8. The Labute approximate surface area is 216 Å². The van der Waals surface area contributed by atoms with Crippen LogP contribution in [0, 0.1) is 0 Å². The molecule has 1 unspecified atom stereocenters. The third-order valence-electron chi connectivity index (χ3n) is 7.19. The van der Waals surface area contributed by atoms with Gasteiger partial charge in [-0.15, -0.1) is 11.3 Å². The Kier molecular flexibility index (Phi) is 7.18. The van der Waals surface area contributed by atoms with Crippen molar-refractivity contribution in [2.75, 3.05) is 32.5 Å². The van der Waals surface area contributed by atoms with E-state index >= 15 is 0 Å². The summed E-state index contributed by atoms with van der Waals surface area (Å²) in [5, 5.41) is 9.99. The summed E-state index contributed by atoms with van der Waals surface area (Å²) in [7, 11) is 5.92. The standard InChI is InChI=1S/C28H34N6OS/c1-18(25-12-21(16-36-25)22-10-6-5-8-19(22)14-29-2)32-26-24-13-23(20-9-7-11-33(3)15-20)28(35)34(4)27(24)31-17-30-26/h5-6,8,10,12-13,16-18,20,29H,7,9,11,14-15H2,1-4H3,(H,30,31,32)/t18-,20?/m1/s1. The number of aryl methyl sites for hydroxylation is 1. The van der Waals surface area contributed by atoms with E-state index in [1.54, 1.807) is 22.2 Å². The lowest BCUT2D eigenvalue weighted by molar-refractivity contribution is 0.250. The van der Waals surface area contributed by atoms with Crippen molar-refractivity contribution in [2.24, 2.45) is 7.05 Å². The maximum Gasteiger partial charge on any atom is 0.255 e. The maximum atomic E-state index is 13.2. The van der Waals surface area contributed by atoms with E-state index in [1.807, 2.05) is 20.2 Å². The van der Waals surface area contributed by atoms with Gasteiger partial charge >= 0.3 is 0 Å². The zero-order valence-corrected chi connectivity index (χ0v) is 22.2. The molecule has 2 N–H and O–H groups in total. The Morgan fingerprint density at radius 3 is 2.83 bits per heavy atom. The number of nitrogens with one attached hydrogen (secondary N) is 2. The van der Waals surface area contributed by atoms with Gasteiger partial charge in [-0.05, 0) is 74.6 Å². The molecule has 1 fully saturated rings. The first kappa shape index (κ1) is 24.6. The molecule has 1 aliphatic rings. The third-order valence-corrected chi connectivity index (χ3v) is 8.31. The summed E-state index contributed by atoms with van der Waals surface area (Å²) < 4.78 is 1.68. The fourth-order valence-electron chi connectivity index (χ4n) is 5.27. The highest BCUT2D eigenvalue weighted by molar-refractivity contribution is 7.10. The Hall–Kier alpha value is -3.07. The topological polar surface area (TPSA) is 75.1 Å². The number of pyridine rings is 1. The van der Waals surface area contributed by atoms with E-state index in [4.69, 9.17) is 0 Å². The van der Waals surface area contributed by atoms with Gasteiger partial charge in [0.2, 0.25) is 0 Å². The van der Waals surface area contributed by atoms with E-state index in [0.717, 1.165) is 49.2 Å². The molecule has 4 heterocycles. The highest BCUT2D eigenvalue weighted by Crippen LogP contribution is 2.34. The van der Waals surface area contributed by atoms with Crippen molar-refractivity contribution in [3.63, 3.8) is 0 Å². The van der Waals surface area contributed by atoms with Crippen molar-refractivity contribution >= 4 is 28.2 Å². The minimum Gasteiger partial charge on any atom is -0.362 e. The highest BCUT2D eigenvalue weighted by atomic mass is 32.1. The second-order valence-electron chi connectivity index (χ2n) is 9.82. The largest absolute Gasteiger partial charge is 0.362 e. The highest BCUT2D eigenvalue weighted by Gasteiger charge is 2.24. The smallest absolute Gasteiger partial charge is 0.255 e. The molecular weight excluding hydrogens is 468 g/mol. The molecule has 0 spiro atoms. The van der Waals surface area contributed by atoms with Crippen molar-refractivity contribution in [1.82, 2.24) is 24.8 Å². The molecule has 3 aromatic heterocycles. The van der Waals surface area contributed by atoms with Crippen molar-refractivity contribution in [2.45, 2.75) is 38.3 Å². The monoisotopic (exact) mass is 502 g/mol. The number of fused-ring (bicyclic) bond motifs is 1. The van der Waals surface area contributed by atoms with Gasteiger partial charge in [-0.25, -0.2) is 9.97 Å². The Bertz CT molecular complexity index is 1430. The molecule has 0 saturated carbocycles. The molecule has 1 aliphatic heterocycles. The summed E-state index contributed by atoms with van der Waals surface area (Å²) in [4.78, 5) is 25.8. The normalized spacial score (nSPS) is 17.4. The minimum absolute atomic E-state index is 0.0450. The number of likely N-dealkylation sites (N-methyl/N-ethyl adjacent to an activating group) is 1. The van der Waals surface area contributed by atoms with Crippen LogP contribution in [-0.2, 0) is 13.6 Å². The summed E-state index contributed by atoms with van der Waals surface area (Å²) in [5.74, 6) is 0.994. The number of hydrogen-bond donors (Lipinski definition) is 2. The average molecular weight is 503 g/mol. The summed E-state index contributed by atoms with van der Waals surface area (Å²) >= 11 is 1.75. The predicted molar refractivity (Wildman–Crippen MR) is 149 cm³/mol. The molecule has 8 heteroatoms. The molecule has 5 rings (SSSR count). The van der Waals surface area contributed by atoms with Crippen LogP contribution in [0.3, 0.4) is 0 Å². The van der Waals surface area contributed by atoms with Gasteiger partial charge in [0.25, 0.3) is 5.56 Å². The molecule has 0 radical (unpaired) electrons. The van der Waals surface area contributed by atoms with Crippen LogP contribution in [0.15, 0.2) is 52.9 Å². The summed E-state index contributed by atoms with van der Waals surface area (Å²) in [6, 6.07) is 12.9. The van der Waals surface area contributed by atoms with E-state index < -0.39 is 0 Å². The van der Waals surface area contributed by atoms with Crippen LogP contribution in [0.25, 0.3) is 22.2 Å². The number of piperidine rings is 1. The molecule has 7 nitrogen and oxygen atoms in total. The van der Waals surface area contributed by atoms with Crippen LogP contribution in [0.2, 0.25) is 0 Å². The van der Waals surface area contributed by atoms with Crippen LogP contribution >= 0.6 is 11.3 Å². The first-order chi connectivity index (χ1) is 17.5. The van der Waals surface area contributed by atoms with Gasteiger partial charge in [0.1, 0.15) is 17.8 Å². The SMILES string of the molecule is CNCc1ccccc1-c1csc([C@@H](C)Nc2ncnc3c2cc(C2CCCN(C)C2)c(=O)n3C)c1. The van der Waals surface area contributed by atoms with E-state index in [1.165, 1.54) is 21.6 Å². The number of rotatable bonds is 7. The Balaban J connectivity index is 1.46. The quantitative estimate of drug-likeness (QED) is 0.380. The van der Waals surface area contributed by atoms with Crippen LogP contribution < -0.4 is 16.2 Å². The molecule has 1 saturated heterocycles. The third kappa shape index (κ3) is 4.81. The van der Waals surface area contributed by atoms with Crippen molar-refractivity contribution in [3.05, 3.63) is 74.5 Å². The van der Waals surface area contributed by atoms with Crippen LogP contribution in [0.1, 0.15) is 47.7 Å². The molecule has 4 aromatic rings. The number of aromatic nitrogens is 3. The minimum atomic E-state index is 0.0450. The van der Waals surface area contributed by atoms with Crippen molar-refractivity contribution in [1.29, 1.82) is 0 Å². The van der Waals surface area contributed by atoms with Gasteiger partial charge in [-0.3, -0.25) is 9.36 Å². The van der Waals surface area contributed by atoms with Crippen LogP contribution in [0.5, 0.6) is 0 Å². The summed E-state index contributed by atoms with van der Waals surface area (Å²) in [6.07, 6.45) is 3.68. The zero-order valence-electron chi connectivity index (χ0n) is 21.4. The number of thiophene rings is 1. The number of likely N-dealkylation sites (tertiary alicyclic amines) is 1. The fourth-order valence-corrected chi connectivity index (χ4v) is 6.18. The van der Waals surface area contributed by atoms with Crippen LogP contribution in [0.4, 0.5) is 5.82 Å². The first-order valence-corrected chi connectivity index (χ1v) is 13.4. The molecule has 0 bridgehead atoms. The Morgan fingerprint density at radius 2 is 2.03 bits per heavy atom. The average Bonchev–Trinajstić information content (AvgIpc) is 3.37. The summed E-state index contributed by atoms with van der Waals surface area (Å²) in [6.45, 7) is 4.97. The van der Waals surface area contributed by atoms with Gasteiger partial charge in [0.15, 0.2) is 0 Å². The fraction of sp³-hybridized carbons (Fsp3) is 0.393. The molecule has 36 heavy (non-hydrogen) atoms. The van der Waals surface area contributed by atoms with Gasteiger partial charge in [-0.2, -0.15) is 0 Å². The van der Waals surface area contributed by atoms with E-state index in [0.29, 0.717) is 5.65 Å². The van der Waals surface area contributed by atoms with Crippen molar-refractivity contribution in [3.8, 4) is 11.1 Å². The van der Waals surface area contributed by atoms with E-state index in [2.05, 4.69) is 75.2 Å². The number of anilines is 1. The molecule has 2 atom stereocenters. The van der Waals surface area contributed by atoms with Gasteiger partial charge in [0, 0.05) is 36.5 Å². The van der Waals surface area contributed by atoms with Crippen LogP contribution in [-0.4, -0.2) is 46.6 Å². The first-order valence-electron chi connectivity index (χ1n) is 12.6. The van der Waals surface area contributed by atoms with Gasteiger partial charge < -0.3 is 15.5 Å². The molecule has 0 amide bonds. The maximum absolute atomic E-state index is 13.2. The number of nitrogens with zero attached hydrogens (tertiary/aromatic N) is 4. The lowest BCUT2D eigenvalue weighted by Gasteiger charge is -2.30. The molecular formula is C28H34N6OS. The zero-order chi connectivity index (χ0) is 25.2. The predicted octanol–water partition coefficient (Wildman–Crippen LogP) is 4.76. The van der Waals surface area contributed by atoms with Gasteiger partial charge in [0.05, 0.1) is 11.4 Å². The summed E-state index contributed by atoms with van der Waals surface area (Å²) in [5.41, 5.74) is 5.34. The lowest BCUT2D eigenvalue weighted by Crippen LogP contribution is -2.34. The van der Waals surface area contributed by atoms with Gasteiger partial charge in [-0.1, -0.05) is 24.3 Å². The molecule has 0 aliphatic carbocycles. The number of benzene rings is 1. The lowest BCUT2D eigenvalue weighted by atomic mass is 9.91. The second kappa shape index (κ2) is 10.5. The molecule has 1 aromatic carbocycles. The molecule has 188 valence electrons. The van der Waals surface area contributed by atoms with E-state index in [9.17, 15) is 4.79 Å². The Morgan fingerprint density at radius 1 is 1.19 bits per heavy atom. The number of hydrogen-bond acceptors (Lipinski definition) is 7. The van der Waals surface area contributed by atoms with E-state index in [-0.39, 0.29) is 17.5 Å². The van der Waals surface area contributed by atoms with Crippen molar-refractivity contribution < 1.29 is 0 Å².